The van der Waals surface area contributed by atoms with Gasteiger partial charge in [0.05, 0.1) is 5.60 Å². The molecule has 0 bridgehead atoms. The van der Waals surface area contributed by atoms with Gasteiger partial charge in [-0.3, -0.25) is 0 Å². The van der Waals surface area contributed by atoms with E-state index in [9.17, 15) is 0 Å². The maximum atomic E-state index is 6.29. The van der Waals surface area contributed by atoms with Gasteiger partial charge < -0.3 is 10.1 Å². The van der Waals surface area contributed by atoms with Crippen molar-refractivity contribution < 1.29 is 4.74 Å². The highest BCUT2D eigenvalue weighted by Crippen LogP contribution is 2.35. The zero-order chi connectivity index (χ0) is 12.6. The van der Waals surface area contributed by atoms with Crippen molar-refractivity contribution in [2.45, 2.75) is 32.0 Å². The number of nitrogens with one attached hydrogen (secondary N) is 1. The van der Waals surface area contributed by atoms with Crippen LogP contribution < -0.4 is 5.32 Å². The predicted octanol–water partition coefficient (Wildman–Crippen LogP) is 3.73. The fourth-order valence-electron chi connectivity index (χ4n) is 2.42. The SMILES string of the molecule is CCC1(C)CNCC(c2cc3ccccc3s2)O1. The van der Waals surface area contributed by atoms with Crippen LogP contribution in [0.1, 0.15) is 31.2 Å². The molecule has 2 unspecified atom stereocenters. The van der Waals surface area contributed by atoms with Crippen LogP contribution in [0.15, 0.2) is 30.3 Å². The summed E-state index contributed by atoms with van der Waals surface area (Å²) >= 11 is 1.85. The molecule has 1 aromatic heterocycles. The molecule has 96 valence electrons. The molecule has 2 nitrogen and oxygen atoms in total. The number of fused-ring (bicyclic) bond motifs is 1. The van der Waals surface area contributed by atoms with Crippen molar-refractivity contribution in [3.05, 3.63) is 35.2 Å². The second-order valence-electron chi connectivity index (χ2n) is 5.23. The summed E-state index contributed by atoms with van der Waals surface area (Å²) in [4.78, 5) is 1.34. The number of hydrogen-bond acceptors (Lipinski definition) is 3. The van der Waals surface area contributed by atoms with Gasteiger partial charge in [-0.1, -0.05) is 25.1 Å². The minimum Gasteiger partial charge on any atom is -0.364 e. The van der Waals surface area contributed by atoms with Crippen molar-refractivity contribution in [1.29, 1.82) is 0 Å². The highest BCUT2D eigenvalue weighted by molar-refractivity contribution is 7.19. The summed E-state index contributed by atoms with van der Waals surface area (Å²) < 4.78 is 7.63. The third kappa shape index (κ3) is 2.18. The molecule has 1 N–H and O–H groups in total. The molecule has 3 rings (SSSR count). The summed E-state index contributed by atoms with van der Waals surface area (Å²) in [6, 6.07) is 10.8. The van der Waals surface area contributed by atoms with Gasteiger partial charge in [0, 0.05) is 22.7 Å². The van der Waals surface area contributed by atoms with Crippen molar-refractivity contribution in [2.75, 3.05) is 13.1 Å². The number of thiophene rings is 1. The minimum atomic E-state index is -0.0287. The quantitative estimate of drug-likeness (QED) is 0.889. The topological polar surface area (TPSA) is 21.3 Å². The number of benzene rings is 1. The zero-order valence-corrected chi connectivity index (χ0v) is 11.7. The Labute approximate surface area is 112 Å². The van der Waals surface area contributed by atoms with Gasteiger partial charge in [0.2, 0.25) is 0 Å². The predicted molar refractivity (Wildman–Crippen MR) is 77.2 cm³/mol. The zero-order valence-electron chi connectivity index (χ0n) is 10.9. The van der Waals surface area contributed by atoms with E-state index in [-0.39, 0.29) is 11.7 Å². The first-order valence-electron chi connectivity index (χ1n) is 6.57. The molecule has 1 fully saturated rings. The molecule has 0 amide bonds. The van der Waals surface area contributed by atoms with Crippen LogP contribution >= 0.6 is 11.3 Å². The number of morpholine rings is 1. The van der Waals surface area contributed by atoms with Crippen LogP contribution in [0.4, 0.5) is 0 Å². The Hall–Kier alpha value is -0.900. The Balaban J connectivity index is 1.89. The highest BCUT2D eigenvalue weighted by Gasteiger charge is 2.32. The van der Waals surface area contributed by atoms with Crippen molar-refractivity contribution in [3.63, 3.8) is 0 Å². The van der Waals surface area contributed by atoms with E-state index in [4.69, 9.17) is 4.74 Å². The molecule has 0 saturated carbocycles. The van der Waals surface area contributed by atoms with Crippen molar-refractivity contribution in [3.8, 4) is 0 Å². The van der Waals surface area contributed by atoms with Gasteiger partial charge in [-0.15, -0.1) is 11.3 Å². The largest absolute Gasteiger partial charge is 0.364 e. The van der Waals surface area contributed by atoms with Crippen molar-refractivity contribution in [1.82, 2.24) is 5.32 Å². The molecule has 2 heterocycles. The summed E-state index contributed by atoms with van der Waals surface area (Å²) in [5.74, 6) is 0. The summed E-state index contributed by atoms with van der Waals surface area (Å²) in [7, 11) is 0. The molecule has 2 atom stereocenters. The third-order valence-electron chi connectivity index (χ3n) is 3.77. The molecule has 1 aliphatic rings. The lowest BCUT2D eigenvalue weighted by Gasteiger charge is -2.38. The van der Waals surface area contributed by atoms with E-state index in [1.54, 1.807) is 0 Å². The molecule has 3 heteroatoms. The van der Waals surface area contributed by atoms with Crippen LogP contribution in [-0.2, 0) is 4.74 Å². The van der Waals surface area contributed by atoms with E-state index in [0.29, 0.717) is 0 Å². The van der Waals surface area contributed by atoms with E-state index in [1.165, 1.54) is 15.0 Å². The molecule has 1 saturated heterocycles. The van der Waals surface area contributed by atoms with Crippen molar-refractivity contribution in [2.24, 2.45) is 0 Å². The second-order valence-corrected chi connectivity index (χ2v) is 6.34. The highest BCUT2D eigenvalue weighted by atomic mass is 32.1. The molecule has 0 radical (unpaired) electrons. The number of rotatable bonds is 2. The first-order valence-corrected chi connectivity index (χ1v) is 7.39. The van der Waals surface area contributed by atoms with E-state index < -0.39 is 0 Å². The van der Waals surface area contributed by atoms with Gasteiger partial charge in [0.15, 0.2) is 0 Å². The Morgan fingerprint density at radius 1 is 1.44 bits per heavy atom. The fraction of sp³-hybridized carbons (Fsp3) is 0.467. The summed E-state index contributed by atoms with van der Waals surface area (Å²) in [5, 5.41) is 4.82. The average Bonchev–Trinajstić information content (AvgIpc) is 2.83. The summed E-state index contributed by atoms with van der Waals surface area (Å²) in [6.07, 6.45) is 1.24. The Morgan fingerprint density at radius 3 is 3.06 bits per heavy atom. The van der Waals surface area contributed by atoms with Gasteiger partial charge in [-0.05, 0) is 30.9 Å². The molecular weight excluding hydrogens is 242 g/mol. The Morgan fingerprint density at radius 2 is 2.28 bits per heavy atom. The molecule has 1 aliphatic heterocycles. The number of ether oxygens (including phenoxy) is 1. The molecular formula is C15H19NOS. The molecule has 2 aromatic rings. The lowest BCUT2D eigenvalue weighted by Crippen LogP contribution is -2.48. The second kappa shape index (κ2) is 4.65. The van der Waals surface area contributed by atoms with Gasteiger partial charge in [-0.2, -0.15) is 0 Å². The lowest BCUT2D eigenvalue weighted by atomic mass is 10.0. The molecule has 0 aliphatic carbocycles. The summed E-state index contributed by atoms with van der Waals surface area (Å²) in [6.45, 7) is 6.25. The smallest absolute Gasteiger partial charge is 0.105 e. The first kappa shape index (κ1) is 12.2. The average molecular weight is 261 g/mol. The molecule has 1 aromatic carbocycles. The fourth-order valence-corrected chi connectivity index (χ4v) is 3.52. The van der Waals surface area contributed by atoms with Crippen LogP contribution in [0.25, 0.3) is 10.1 Å². The monoisotopic (exact) mass is 261 g/mol. The maximum absolute atomic E-state index is 6.29. The standard InChI is InChI=1S/C15H19NOS/c1-3-15(2)10-16-9-12(17-15)14-8-11-6-4-5-7-13(11)18-14/h4-8,12,16H,3,9-10H2,1-2H3. The van der Waals surface area contributed by atoms with Crippen LogP contribution in [-0.4, -0.2) is 18.7 Å². The Kier molecular flexibility index (Phi) is 3.14. The Bertz CT molecular complexity index is 517. The summed E-state index contributed by atoms with van der Waals surface area (Å²) in [5.41, 5.74) is -0.0287. The van der Waals surface area contributed by atoms with Gasteiger partial charge >= 0.3 is 0 Å². The lowest BCUT2D eigenvalue weighted by molar-refractivity contribution is -0.107. The van der Waals surface area contributed by atoms with Crippen molar-refractivity contribution >= 4 is 21.4 Å². The van der Waals surface area contributed by atoms with E-state index >= 15 is 0 Å². The van der Waals surface area contributed by atoms with Crippen LogP contribution in [0, 0.1) is 0 Å². The third-order valence-corrected chi connectivity index (χ3v) is 4.97. The van der Waals surface area contributed by atoms with Crippen LogP contribution in [0.3, 0.4) is 0 Å². The van der Waals surface area contributed by atoms with Crippen LogP contribution in [0.2, 0.25) is 0 Å². The molecule has 18 heavy (non-hydrogen) atoms. The van der Waals surface area contributed by atoms with Gasteiger partial charge in [0.1, 0.15) is 6.10 Å². The van der Waals surface area contributed by atoms with Gasteiger partial charge in [-0.25, -0.2) is 0 Å². The first-order chi connectivity index (χ1) is 8.70. The van der Waals surface area contributed by atoms with E-state index in [0.717, 1.165) is 19.5 Å². The molecule has 0 spiro atoms. The van der Waals surface area contributed by atoms with Gasteiger partial charge in [0.25, 0.3) is 0 Å². The maximum Gasteiger partial charge on any atom is 0.105 e. The number of hydrogen-bond donors (Lipinski definition) is 1. The van der Waals surface area contributed by atoms with E-state index in [1.807, 2.05) is 11.3 Å². The van der Waals surface area contributed by atoms with E-state index in [2.05, 4.69) is 49.5 Å². The normalized spacial score (nSPS) is 28.7. The minimum absolute atomic E-state index is 0.0287. The van der Waals surface area contributed by atoms with Crippen LogP contribution in [0.5, 0.6) is 0 Å².